The van der Waals surface area contributed by atoms with Gasteiger partial charge in [-0.2, -0.15) is 0 Å². The highest BCUT2D eigenvalue weighted by molar-refractivity contribution is 7.12. The van der Waals surface area contributed by atoms with Crippen molar-refractivity contribution in [2.45, 2.75) is 108 Å². The summed E-state index contributed by atoms with van der Waals surface area (Å²) in [5.74, 6) is -0.965. The van der Waals surface area contributed by atoms with Crippen LogP contribution in [-0.4, -0.2) is 76.2 Å². The molecule has 7 rings (SSSR count). The average Bonchev–Trinajstić information content (AvgIpc) is 4.00. The number of imidazole rings is 1. The molecule has 1 saturated carbocycles. The molecule has 0 aliphatic heterocycles. The first-order valence-electron chi connectivity index (χ1n) is 20.7. The average molecular weight is 872 g/mol. The van der Waals surface area contributed by atoms with E-state index in [-0.39, 0.29) is 34.2 Å². The lowest BCUT2D eigenvalue weighted by molar-refractivity contribution is -0.170. The van der Waals surface area contributed by atoms with Crippen LogP contribution in [0.15, 0.2) is 87.1 Å². The summed E-state index contributed by atoms with van der Waals surface area (Å²) in [5, 5.41) is 29.2. The molecule has 15 heteroatoms. The zero-order valence-electron chi connectivity index (χ0n) is 35.2. The van der Waals surface area contributed by atoms with Crippen molar-refractivity contribution in [1.82, 2.24) is 24.8 Å². The molecule has 1 atom stereocenters. The number of pyridine rings is 1. The molecule has 1 fully saturated rings. The molecule has 4 heterocycles. The van der Waals surface area contributed by atoms with E-state index in [1.807, 2.05) is 63.9 Å². The van der Waals surface area contributed by atoms with E-state index >= 15 is 0 Å². The van der Waals surface area contributed by atoms with Crippen LogP contribution in [0.4, 0.5) is 0 Å². The molecule has 5 N–H and O–H groups in total. The van der Waals surface area contributed by atoms with Gasteiger partial charge in [-0.05, 0) is 122 Å². The van der Waals surface area contributed by atoms with Gasteiger partial charge in [0.2, 0.25) is 11.2 Å². The molecule has 0 radical (unpaired) electrons. The van der Waals surface area contributed by atoms with Crippen LogP contribution in [0.25, 0.3) is 21.9 Å². The van der Waals surface area contributed by atoms with Crippen molar-refractivity contribution in [2.75, 3.05) is 20.1 Å². The fourth-order valence-corrected chi connectivity index (χ4v) is 11.2. The quantitative estimate of drug-likeness (QED) is 0.0566. The minimum absolute atomic E-state index is 0.0163. The lowest BCUT2D eigenvalue weighted by Gasteiger charge is -2.39. The molecule has 4 aromatic heterocycles. The third kappa shape index (κ3) is 9.13. The van der Waals surface area contributed by atoms with Crippen molar-refractivity contribution in [2.24, 2.45) is 0 Å². The number of aromatic nitrogens is 3. The molecule has 0 spiro atoms. The van der Waals surface area contributed by atoms with Gasteiger partial charge < -0.3 is 39.6 Å². The zero-order valence-corrected chi connectivity index (χ0v) is 37.9. The van der Waals surface area contributed by atoms with Crippen molar-refractivity contribution in [3.63, 3.8) is 0 Å². The summed E-state index contributed by atoms with van der Waals surface area (Å²) in [4.78, 5) is 47.8. The number of aromatic hydroxyl groups is 1. The minimum atomic E-state index is -2.23. The number of aromatic amines is 2. The van der Waals surface area contributed by atoms with Gasteiger partial charge in [0.25, 0.3) is 0 Å². The molecule has 0 saturated heterocycles. The van der Waals surface area contributed by atoms with Crippen LogP contribution in [0, 0.1) is 0 Å². The third-order valence-electron chi connectivity index (χ3n) is 12.5. The Kier molecular flexibility index (Phi) is 13.1. The van der Waals surface area contributed by atoms with Crippen LogP contribution in [0.3, 0.4) is 0 Å². The van der Waals surface area contributed by atoms with E-state index in [1.54, 1.807) is 12.1 Å². The number of carboxylic acids is 1. The first-order valence-corrected chi connectivity index (χ1v) is 25.4. The summed E-state index contributed by atoms with van der Waals surface area (Å²) in [5.41, 5.74) is 2.06. The molecule has 12 nitrogen and oxygen atoms in total. The maximum Gasteiger partial charge on any atom is 0.347 e. The second kappa shape index (κ2) is 17.9. The topological polar surface area (TPSA) is 162 Å². The van der Waals surface area contributed by atoms with Crippen molar-refractivity contribution in [1.29, 1.82) is 0 Å². The first-order chi connectivity index (χ1) is 28.6. The van der Waals surface area contributed by atoms with Crippen molar-refractivity contribution < 1.29 is 24.2 Å². The number of phenols is 1. The Morgan fingerprint density at radius 1 is 0.983 bits per heavy atom. The fourth-order valence-electron chi connectivity index (χ4n) is 8.15. The van der Waals surface area contributed by atoms with E-state index in [9.17, 15) is 24.6 Å². The number of carbonyl (C=O) groups is 1. The SMILES string of the molecule is CN(CCCn1c(=O)[nH]c2cc(CNC[C@H](O[Si](C)(C)C(C)(C)C)c3ccc(O)c4[nH]c(=O)ccc34)ccc21)C1CCC(OC(C(=O)O)(c2cccs2)c2cccs2)CC1. The summed E-state index contributed by atoms with van der Waals surface area (Å²) in [6.45, 7) is 13.5. The van der Waals surface area contributed by atoms with Gasteiger partial charge in [-0.15, -0.1) is 22.7 Å². The van der Waals surface area contributed by atoms with Crippen molar-refractivity contribution in [3.05, 3.63) is 119 Å². The molecule has 1 aliphatic rings. The van der Waals surface area contributed by atoms with Crippen LogP contribution >= 0.6 is 22.7 Å². The zero-order chi connectivity index (χ0) is 42.8. The summed E-state index contributed by atoms with van der Waals surface area (Å²) in [6.07, 6.45) is 3.67. The first kappa shape index (κ1) is 43.7. The molecule has 6 aromatic rings. The Bertz CT molecular complexity index is 2480. The van der Waals surface area contributed by atoms with Crippen LogP contribution in [-0.2, 0) is 32.6 Å². The van der Waals surface area contributed by atoms with Crippen LogP contribution < -0.4 is 16.6 Å². The highest BCUT2D eigenvalue weighted by Gasteiger charge is 2.48. The minimum Gasteiger partial charge on any atom is -0.506 e. The molecule has 1 aliphatic carbocycles. The van der Waals surface area contributed by atoms with Gasteiger partial charge in [0, 0.05) is 37.1 Å². The Labute approximate surface area is 359 Å². The standard InChI is InChI=1S/C45H57N5O7S2Si/c1-44(2,3)60(5,6)57-37(32-17-20-36(51)41-33(32)18-21-40(52)48-41)28-46-27-29-12-19-35-34(26-29)47-43(55)50(35)23-9-22-49(4)30-13-15-31(16-14-30)56-45(42(53)54,38-10-7-24-58-38)39-11-8-25-59-39/h7-8,10-12,17-21,24-26,30-31,37,46,51H,9,13-16,22-23,27-28H2,1-6H3,(H,47,55)(H,48,52)(H,53,54)/t30?,31?,37-/m0/s1. The van der Waals surface area contributed by atoms with E-state index in [0.717, 1.165) is 66.2 Å². The smallest absolute Gasteiger partial charge is 0.347 e. The molecule has 2 aromatic carbocycles. The van der Waals surface area contributed by atoms with E-state index in [4.69, 9.17) is 9.16 Å². The number of carboxylic acid groups (broad SMARTS) is 1. The number of aliphatic carboxylic acids is 1. The summed E-state index contributed by atoms with van der Waals surface area (Å²) < 4.78 is 15.4. The van der Waals surface area contributed by atoms with Gasteiger partial charge in [0.15, 0.2) is 8.32 Å². The number of fused-ring (bicyclic) bond motifs is 2. The number of ether oxygens (including phenoxy) is 1. The van der Waals surface area contributed by atoms with Crippen molar-refractivity contribution >= 4 is 58.9 Å². The summed E-state index contributed by atoms with van der Waals surface area (Å²) >= 11 is 2.83. The van der Waals surface area contributed by atoms with Gasteiger partial charge in [0.05, 0.1) is 38.5 Å². The number of thiophene rings is 2. The van der Waals surface area contributed by atoms with Crippen LogP contribution in [0.1, 0.15) is 79.9 Å². The van der Waals surface area contributed by atoms with Gasteiger partial charge in [0.1, 0.15) is 5.75 Å². The van der Waals surface area contributed by atoms with E-state index in [1.165, 1.54) is 28.7 Å². The number of hydrogen-bond acceptors (Lipinski definition) is 10. The Morgan fingerprint density at radius 2 is 1.68 bits per heavy atom. The second-order valence-electron chi connectivity index (χ2n) is 17.5. The second-order valence-corrected chi connectivity index (χ2v) is 24.2. The van der Waals surface area contributed by atoms with Crippen LogP contribution in [0.2, 0.25) is 18.1 Å². The number of phenolic OH excluding ortho intramolecular Hbond substituents is 1. The Hall–Kier alpha value is -4.35. The van der Waals surface area contributed by atoms with Gasteiger partial charge >= 0.3 is 11.7 Å². The predicted octanol–water partition coefficient (Wildman–Crippen LogP) is 8.53. The Balaban J connectivity index is 0.950. The number of hydrogen-bond donors (Lipinski definition) is 5. The molecular formula is C45H57N5O7S2Si. The lowest BCUT2D eigenvalue weighted by atomic mass is 9.90. The van der Waals surface area contributed by atoms with E-state index in [2.05, 4.69) is 61.1 Å². The van der Waals surface area contributed by atoms with Crippen LogP contribution in [0.5, 0.6) is 5.75 Å². The number of benzene rings is 2. The summed E-state index contributed by atoms with van der Waals surface area (Å²) in [6, 6.07) is 20.6. The highest BCUT2D eigenvalue weighted by atomic mass is 32.1. The molecular weight excluding hydrogens is 815 g/mol. The Morgan fingerprint density at radius 3 is 2.32 bits per heavy atom. The maximum absolute atomic E-state index is 13.2. The number of aryl methyl sites for hydroxylation is 1. The molecule has 60 heavy (non-hydrogen) atoms. The van der Waals surface area contributed by atoms with Gasteiger partial charge in [-0.1, -0.05) is 45.0 Å². The number of rotatable bonds is 17. The highest BCUT2D eigenvalue weighted by Crippen LogP contribution is 2.43. The third-order valence-corrected chi connectivity index (χ3v) is 19.0. The number of H-pyrrole nitrogens is 2. The predicted molar refractivity (Wildman–Crippen MR) is 243 cm³/mol. The largest absolute Gasteiger partial charge is 0.506 e. The number of nitrogens with zero attached hydrogens (tertiary/aromatic N) is 2. The van der Waals surface area contributed by atoms with Crippen molar-refractivity contribution in [3.8, 4) is 5.75 Å². The normalized spacial score (nSPS) is 17.2. The van der Waals surface area contributed by atoms with E-state index in [0.29, 0.717) is 40.9 Å². The molecule has 0 bridgehead atoms. The summed E-state index contributed by atoms with van der Waals surface area (Å²) in [7, 11) is -0.101. The molecule has 0 amide bonds. The molecule has 320 valence electrons. The fraction of sp³-hybridized carbons (Fsp3) is 0.444. The number of nitrogens with one attached hydrogen (secondary N) is 3. The van der Waals surface area contributed by atoms with Gasteiger partial charge in [-0.25, -0.2) is 9.59 Å². The maximum atomic E-state index is 13.2. The monoisotopic (exact) mass is 871 g/mol. The molecule has 0 unspecified atom stereocenters. The lowest BCUT2D eigenvalue weighted by Crippen LogP contribution is -2.44. The van der Waals surface area contributed by atoms with Gasteiger partial charge in [-0.3, -0.25) is 9.36 Å². The van der Waals surface area contributed by atoms with E-state index < -0.39 is 19.9 Å².